The van der Waals surface area contributed by atoms with E-state index in [1.165, 1.54) is 0 Å². The molecule has 128 valence electrons. The lowest BCUT2D eigenvalue weighted by Crippen LogP contribution is -2.29. The van der Waals surface area contributed by atoms with Gasteiger partial charge < -0.3 is 15.2 Å². The second-order valence-corrected chi connectivity index (χ2v) is 6.17. The summed E-state index contributed by atoms with van der Waals surface area (Å²) in [5, 5.41) is 12.6. The fourth-order valence-corrected chi connectivity index (χ4v) is 2.22. The number of carbonyl (C=O) groups is 1. The minimum Gasteiger partial charge on any atom is -0.489 e. The van der Waals surface area contributed by atoms with Crippen LogP contribution in [-0.2, 0) is 17.9 Å². The van der Waals surface area contributed by atoms with Gasteiger partial charge in [0.05, 0.1) is 12.5 Å². The van der Waals surface area contributed by atoms with E-state index in [0.717, 1.165) is 16.9 Å². The largest absolute Gasteiger partial charge is 0.489 e. The van der Waals surface area contributed by atoms with E-state index in [2.05, 4.69) is 5.32 Å². The summed E-state index contributed by atoms with van der Waals surface area (Å²) in [5.41, 5.74) is 2.01. The number of para-hydroxylation sites is 1. The van der Waals surface area contributed by atoms with E-state index in [0.29, 0.717) is 13.2 Å². The van der Waals surface area contributed by atoms with Crippen LogP contribution in [-0.4, -0.2) is 17.1 Å². The summed E-state index contributed by atoms with van der Waals surface area (Å²) in [6.07, 6.45) is -0.500. The number of benzene rings is 2. The summed E-state index contributed by atoms with van der Waals surface area (Å²) in [7, 11) is 0. The first-order valence-corrected chi connectivity index (χ1v) is 8.25. The maximum absolute atomic E-state index is 11.9. The van der Waals surface area contributed by atoms with E-state index in [9.17, 15) is 9.90 Å². The van der Waals surface area contributed by atoms with Crippen LogP contribution in [0.2, 0.25) is 0 Å². The van der Waals surface area contributed by atoms with Crippen LogP contribution in [0.3, 0.4) is 0 Å². The summed E-state index contributed by atoms with van der Waals surface area (Å²) in [4.78, 5) is 11.9. The van der Waals surface area contributed by atoms with Crippen molar-refractivity contribution in [2.24, 2.45) is 5.92 Å². The van der Waals surface area contributed by atoms with Crippen molar-refractivity contribution < 1.29 is 14.6 Å². The summed E-state index contributed by atoms with van der Waals surface area (Å²) < 4.78 is 5.87. The van der Waals surface area contributed by atoms with E-state index in [-0.39, 0.29) is 18.2 Å². The molecule has 0 fully saturated rings. The molecule has 0 heterocycles. The van der Waals surface area contributed by atoms with E-state index in [1.807, 2.05) is 68.4 Å². The lowest BCUT2D eigenvalue weighted by molar-refractivity contribution is -0.123. The van der Waals surface area contributed by atoms with Crippen LogP contribution in [0.15, 0.2) is 54.6 Å². The monoisotopic (exact) mass is 327 g/mol. The van der Waals surface area contributed by atoms with Crippen molar-refractivity contribution in [3.05, 3.63) is 65.7 Å². The van der Waals surface area contributed by atoms with Gasteiger partial charge in [0.15, 0.2) is 0 Å². The number of carbonyl (C=O) groups excluding carboxylic acids is 1. The molecule has 0 saturated heterocycles. The van der Waals surface area contributed by atoms with Crippen molar-refractivity contribution in [3.8, 4) is 5.75 Å². The average Bonchev–Trinajstić information content (AvgIpc) is 2.59. The predicted octanol–water partition coefficient (Wildman–Crippen LogP) is 3.29. The van der Waals surface area contributed by atoms with Gasteiger partial charge in [-0.05, 0) is 17.5 Å². The Balaban J connectivity index is 1.90. The second kappa shape index (κ2) is 9.08. The zero-order valence-corrected chi connectivity index (χ0v) is 14.2. The SMILES string of the molecule is CC(C)C(O)CC(=O)NCc1ccccc1OCc1ccccc1. The van der Waals surface area contributed by atoms with Gasteiger partial charge in [-0.25, -0.2) is 0 Å². The number of aliphatic hydroxyl groups is 1. The van der Waals surface area contributed by atoms with Gasteiger partial charge >= 0.3 is 0 Å². The molecule has 1 unspecified atom stereocenters. The molecule has 0 aliphatic rings. The Bertz CT molecular complexity index is 640. The number of nitrogens with one attached hydrogen (secondary N) is 1. The fraction of sp³-hybridized carbons (Fsp3) is 0.350. The van der Waals surface area contributed by atoms with Crippen LogP contribution < -0.4 is 10.1 Å². The number of aliphatic hydroxyl groups excluding tert-OH is 1. The number of amides is 1. The molecule has 0 saturated carbocycles. The Morgan fingerprint density at radius 2 is 1.75 bits per heavy atom. The zero-order valence-electron chi connectivity index (χ0n) is 14.2. The van der Waals surface area contributed by atoms with Gasteiger partial charge in [0.2, 0.25) is 5.91 Å². The highest BCUT2D eigenvalue weighted by molar-refractivity contribution is 5.76. The molecule has 24 heavy (non-hydrogen) atoms. The Kier molecular flexibility index (Phi) is 6.82. The van der Waals surface area contributed by atoms with Crippen molar-refractivity contribution in [3.63, 3.8) is 0 Å². The first-order valence-electron chi connectivity index (χ1n) is 8.25. The molecule has 1 amide bonds. The molecule has 2 N–H and O–H groups in total. The first-order chi connectivity index (χ1) is 11.6. The Hall–Kier alpha value is -2.33. The molecule has 1 atom stereocenters. The van der Waals surface area contributed by atoms with Crippen LogP contribution in [0, 0.1) is 5.92 Å². The van der Waals surface area contributed by atoms with Gasteiger partial charge in [-0.1, -0.05) is 62.4 Å². The predicted molar refractivity (Wildman–Crippen MR) is 94.5 cm³/mol. The normalized spacial score (nSPS) is 12.0. The molecular formula is C20H25NO3. The van der Waals surface area contributed by atoms with Gasteiger partial charge in [-0.15, -0.1) is 0 Å². The van der Waals surface area contributed by atoms with E-state index in [1.54, 1.807) is 0 Å². The van der Waals surface area contributed by atoms with Gasteiger partial charge in [0.1, 0.15) is 12.4 Å². The maximum atomic E-state index is 11.9. The molecule has 4 heteroatoms. The topological polar surface area (TPSA) is 58.6 Å². The van der Waals surface area contributed by atoms with Gasteiger partial charge in [-0.3, -0.25) is 4.79 Å². The van der Waals surface area contributed by atoms with Gasteiger partial charge in [0.25, 0.3) is 0 Å². The lowest BCUT2D eigenvalue weighted by atomic mass is 10.0. The molecule has 0 aliphatic carbocycles. The van der Waals surface area contributed by atoms with Crippen LogP contribution in [0.1, 0.15) is 31.4 Å². The minimum atomic E-state index is -0.616. The highest BCUT2D eigenvalue weighted by Crippen LogP contribution is 2.19. The molecule has 2 aromatic carbocycles. The van der Waals surface area contributed by atoms with Gasteiger partial charge in [-0.2, -0.15) is 0 Å². The Labute approximate surface area is 143 Å². The van der Waals surface area contributed by atoms with Crippen molar-refractivity contribution >= 4 is 5.91 Å². The molecular weight excluding hydrogens is 302 g/mol. The molecule has 2 rings (SSSR count). The molecule has 0 radical (unpaired) electrons. The highest BCUT2D eigenvalue weighted by Gasteiger charge is 2.14. The fourth-order valence-electron chi connectivity index (χ4n) is 2.22. The molecule has 2 aromatic rings. The molecule has 0 spiro atoms. The van der Waals surface area contributed by atoms with Crippen LogP contribution in [0.25, 0.3) is 0 Å². The third-order valence-corrected chi connectivity index (χ3v) is 3.85. The number of hydrogen-bond donors (Lipinski definition) is 2. The summed E-state index contributed by atoms with van der Waals surface area (Å²) in [6.45, 7) is 4.65. The van der Waals surface area contributed by atoms with Crippen LogP contribution in [0.4, 0.5) is 0 Å². The minimum absolute atomic E-state index is 0.0669. The molecule has 4 nitrogen and oxygen atoms in total. The van der Waals surface area contributed by atoms with E-state index in [4.69, 9.17) is 4.74 Å². The number of hydrogen-bond acceptors (Lipinski definition) is 3. The number of rotatable bonds is 8. The standard InChI is InChI=1S/C20H25NO3/c1-15(2)18(22)12-20(23)21-13-17-10-6-7-11-19(17)24-14-16-8-4-3-5-9-16/h3-11,15,18,22H,12-14H2,1-2H3,(H,21,23). The van der Waals surface area contributed by atoms with E-state index < -0.39 is 6.10 Å². The van der Waals surface area contributed by atoms with Crippen molar-refractivity contribution in [2.45, 2.75) is 39.5 Å². The summed E-state index contributed by atoms with van der Waals surface area (Å²) in [6, 6.07) is 17.6. The van der Waals surface area contributed by atoms with Crippen molar-refractivity contribution in [1.29, 1.82) is 0 Å². The maximum Gasteiger partial charge on any atom is 0.222 e. The first kappa shape index (κ1) is 18.0. The summed E-state index contributed by atoms with van der Waals surface area (Å²) in [5.74, 6) is 0.664. The third-order valence-electron chi connectivity index (χ3n) is 3.85. The smallest absolute Gasteiger partial charge is 0.222 e. The van der Waals surface area contributed by atoms with E-state index >= 15 is 0 Å². The summed E-state index contributed by atoms with van der Waals surface area (Å²) >= 11 is 0. The van der Waals surface area contributed by atoms with Gasteiger partial charge in [0, 0.05) is 12.1 Å². The second-order valence-electron chi connectivity index (χ2n) is 6.17. The van der Waals surface area contributed by atoms with Crippen LogP contribution in [0.5, 0.6) is 5.75 Å². The highest BCUT2D eigenvalue weighted by atomic mass is 16.5. The van der Waals surface area contributed by atoms with Crippen LogP contribution >= 0.6 is 0 Å². The Morgan fingerprint density at radius 1 is 1.08 bits per heavy atom. The average molecular weight is 327 g/mol. The molecule has 0 aromatic heterocycles. The van der Waals surface area contributed by atoms with Crippen molar-refractivity contribution in [1.82, 2.24) is 5.32 Å². The molecule has 0 aliphatic heterocycles. The quantitative estimate of drug-likeness (QED) is 0.782. The van der Waals surface area contributed by atoms with Crippen molar-refractivity contribution in [2.75, 3.05) is 0 Å². The Morgan fingerprint density at radius 3 is 2.46 bits per heavy atom. The zero-order chi connectivity index (χ0) is 17.4. The molecule has 0 bridgehead atoms. The third kappa shape index (κ3) is 5.70. The number of ether oxygens (including phenoxy) is 1. The lowest BCUT2D eigenvalue weighted by Gasteiger charge is -2.15.